The predicted molar refractivity (Wildman–Crippen MR) is 80.5 cm³/mol. The van der Waals surface area contributed by atoms with Crippen LogP contribution in [-0.4, -0.2) is 36.2 Å². The summed E-state index contributed by atoms with van der Waals surface area (Å²) >= 11 is 0. The van der Waals surface area contributed by atoms with Gasteiger partial charge in [0.15, 0.2) is 0 Å². The standard InChI is InChI=1S/C16H27F6NO/c1-3-5-7-9-11-23(12-10-8-6-4-2)14(24)13(15(17,18)19)16(20,21)22/h13H,3-12H2,1-2H3. The van der Waals surface area contributed by atoms with Gasteiger partial charge in [-0.05, 0) is 12.8 Å². The van der Waals surface area contributed by atoms with Gasteiger partial charge in [-0.3, -0.25) is 4.79 Å². The van der Waals surface area contributed by atoms with Crippen LogP contribution in [0.25, 0.3) is 0 Å². The number of hydrogen-bond acceptors (Lipinski definition) is 1. The molecule has 2 nitrogen and oxygen atoms in total. The monoisotopic (exact) mass is 363 g/mol. The molecule has 0 spiro atoms. The summed E-state index contributed by atoms with van der Waals surface area (Å²) < 4.78 is 76.5. The summed E-state index contributed by atoms with van der Waals surface area (Å²) in [5, 5.41) is 0. The number of amides is 1. The highest BCUT2D eigenvalue weighted by Gasteiger charge is 2.61. The molecule has 24 heavy (non-hydrogen) atoms. The summed E-state index contributed by atoms with van der Waals surface area (Å²) in [4.78, 5) is 12.7. The molecule has 0 fully saturated rings. The number of nitrogens with zero attached hydrogens (tertiary/aromatic N) is 1. The first-order chi connectivity index (χ1) is 11.1. The molecule has 0 aromatic carbocycles. The van der Waals surface area contributed by atoms with Gasteiger partial charge in [-0.2, -0.15) is 26.3 Å². The molecule has 0 heterocycles. The van der Waals surface area contributed by atoms with E-state index in [1.807, 2.05) is 13.8 Å². The molecule has 0 aliphatic rings. The second-order valence-electron chi connectivity index (χ2n) is 5.96. The van der Waals surface area contributed by atoms with Crippen molar-refractivity contribution in [2.45, 2.75) is 77.6 Å². The number of halogens is 6. The third kappa shape index (κ3) is 8.78. The predicted octanol–water partition coefficient (Wildman–Crippen LogP) is 5.72. The SMILES string of the molecule is CCCCCCN(CCCCCC)C(=O)C(C(F)(F)F)C(F)(F)F. The van der Waals surface area contributed by atoms with E-state index in [9.17, 15) is 31.1 Å². The van der Waals surface area contributed by atoms with Crippen molar-refractivity contribution in [3.8, 4) is 0 Å². The van der Waals surface area contributed by atoms with Crippen LogP contribution in [0.2, 0.25) is 0 Å². The largest absolute Gasteiger partial charge is 0.409 e. The van der Waals surface area contributed by atoms with Gasteiger partial charge in [0, 0.05) is 13.1 Å². The Morgan fingerprint density at radius 2 is 1.12 bits per heavy atom. The van der Waals surface area contributed by atoms with Crippen LogP contribution in [0.15, 0.2) is 0 Å². The molecular weight excluding hydrogens is 336 g/mol. The smallest absolute Gasteiger partial charge is 0.342 e. The molecule has 0 rings (SSSR count). The Kier molecular flexibility index (Phi) is 10.4. The van der Waals surface area contributed by atoms with Gasteiger partial charge in [0.2, 0.25) is 11.8 Å². The quantitative estimate of drug-likeness (QED) is 0.340. The number of carbonyl (C=O) groups is 1. The van der Waals surface area contributed by atoms with Crippen molar-refractivity contribution < 1.29 is 31.1 Å². The van der Waals surface area contributed by atoms with Crippen LogP contribution in [0, 0.1) is 5.92 Å². The minimum absolute atomic E-state index is 0.0619. The van der Waals surface area contributed by atoms with Gasteiger partial charge in [0.05, 0.1) is 0 Å². The van der Waals surface area contributed by atoms with Crippen LogP contribution in [0.3, 0.4) is 0 Å². The van der Waals surface area contributed by atoms with Crippen molar-refractivity contribution in [3.63, 3.8) is 0 Å². The first-order valence-corrected chi connectivity index (χ1v) is 8.47. The molecule has 0 radical (unpaired) electrons. The molecule has 1 amide bonds. The molecule has 0 aliphatic heterocycles. The van der Waals surface area contributed by atoms with E-state index in [4.69, 9.17) is 0 Å². The highest BCUT2D eigenvalue weighted by Crippen LogP contribution is 2.40. The molecule has 0 atom stereocenters. The van der Waals surface area contributed by atoms with Crippen molar-refractivity contribution >= 4 is 5.91 Å². The van der Waals surface area contributed by atoms with Gasteiger partial charge in [0.1, 0.15) is 0 Å². The fourth-order valence-electron chi connectivity index (χ4n) is 2.44. The van der Waals surface area contributed by atoms with Crippen molar-refractivity contribution in [2.75, 3.05) is 13.1 Å². The summed E-state index contributed by atoms with van der Waals surface area (Å²) in [6, 6.07) is 0. The number of hydrogen-bond donors (Lipinski definition) is 0. The normalized spacial score (nSPS) is 12.7. The summed E-state index contributed by atoms with van der Waals surface area (Å²) in [6.45, 7) is 3.76. The van der Waals surface area contributed by atoms with E-state index < -0.39 is 24.2 Å². The Morgan fingerprint density at radius 3 is 1.42 bits per heavy atom. The van der Waals surface area contributed by atoms with Gasteiger partial charge in [-0.1, -0.05) is 52.4 Å². The minimum atomic E-state index is -5.62. The lowest BCUT2D eigenvalue weighted by Gasteiger charge is -2.29. The van der Waals surface area contributed by atoms with E-state index in [2.05, 4.69) is 0 Å². The van der Waals surface area contributed by atoms with Crippen LogP contribution in [-0.2, 0) is 4.79 Å². The third-order valence-corrected chi connectivity index (χ3v) is 3.78. The lowest BCUT2D eigenvalue weighted by molar-refractivity contribution is -0.277. The average molecular weight is 363 g/mol. The van der Waals surface area contributed by atoms with Crippen molar-refractivity contribution in [2.24, 2.45) is 5.92 Å². The molecule has 0 unspecified atom stereocenters. The number of unbranched alkanes of at least 4 members (excludes halogenated alkanes) is 6. The van der Waals surface area contributed by atoms with Gasteiger partial charge in [-0.15, -0.1) is 0 Å². The molecule has 0 aromatic rings. The fourth-order valence-corrected chi connectivity index (χ4v) is 2.44. The van der Waals surface area contributed by atoms with Gasteiger partial charge in [-0.25, -0.2) is 0 Å². The number of rotatable bonds is 11. The van der Waals surface area contributed by atoms with Crippen molar-refractivity contribution in [1.82, 2.24) is 4.90 Å². The Balaban J connectivity index is 5.01. The van der Waals surface area contributed by atoms with Gasteiger partial charge in [0.25, 0.3) is 0 Å². The van der Waals surface area contributed by atoms with E-state index in [-0.39, 0.29) is 13.1 Å². The molecular formula is C16H27F6NO. The summed E-state index contributed by atoms with van der Waals surface area (Å²) in [6.07, 6.45) is -5.63. The first-order valence-electron chi connectivity index (χ1n) is 8.47. The molecule has 0 aliphatic carbocycles. The van der Waals surface area contributed by atoms with E-state index in [1.54, 1.807) is 0 Å². The van der Waals surface area contributed by atoms with Crippen molar-refractivity contribution in [3.05, 3.63) is 0 Å². The molecule has 0 N–H and O–H groups in total. The first kappa shape index (κ1) is 23.1. The number of alkyl halides is 6. The maximum absolute atomic E-state index is 12.7. The molecule has 0 bridgehead atoms. The average Bonchev–Trinajstić information content (AvgIpc) is 2.42. The van der Waals surface area contributed by atoms with E-state index in [0.29, 0.717) is 25.7 Å². The van der Waals surface area contributed by atoms with Crippen LogP contribution < -0.4 is 0 Å². The Bertz CT molecular complexity index is 327. The highest BCUT2D eigenvalue weighted by atomic mass is 19.4. The van der Waals surface area contributed by atoms with Crippen LogP contribution in [0.5, 0.6) is 0 Å². The topological polar surface area (TPSA) is 20.3 Å². The van der Waals surface area contributed by atoms with Gasteiger partial charge >= 0.3 is 12.4 Å². The molecule has 0 saturated heterocycles. The van der Waals surface area contributed by atoms with E-state index >= 15 is 0 Å². The zero-order valence-electron chi connectivity index (χ0n) is 14.3. The van der Waals surface area contributed by atoms with E-state index in [1.165, 1.54) is 0 Å². The van der Waals surface area contributed by atoms with E-state index in [0.717, 1.165) is 30.6 Å². The Hall–Kier alpha value is -0.950. The summed E-state index contributed by atoms with van der Waals surface area (Å²) in [5.41, 5.74) is 0. The molecule has 0 aromatic heterocycles. The fraction of sp³-hybridized carbons (Fsp3) is 0.938. The third-order valence-electron chi connectivity index (χ3n) is 3.78. The Labute approximate surface area is 139 Å². The molecule has 144 valence electrons. The van der Waals surface area contributed by atoms with Crippen LogP contribution >= 0.6 is 0 Å². The lowest BCUT2D eigenvalue weighted by atomic mass is 10.1. The minimum Gasteiger partial charge on any atom is -0.342 e. The second-order valence-corrected chi connectivity index (χ2v) is 5.96. The summed E-state index contributed by atoms with van der Waals surface area (Å²) in [5.74, 6) is -5.80. The number of carbonyl (C=O) groups excluding carboxylic acids is 1. The van der Waals surface area contributed by atoms with Gasteiger partial charge < -0.3 is 4.90 Å². The molecule has 8 heteroatoms. The Morgan fingerprint density at radius 1 is 0.750 bits per heavy atom. The van der Waals surface area contributed by atoms with Crippen LogP contribution in [0.1, 0.15) is 65.2 Å². The zero-order chi connectivity index (χ0) is 18.8. The maximum atomic E-state index is 12.7. The molecule has 0 saturated carbocycles. The zero-order valence-corrected chi connectivity index (χ0v) is 14.3. The lowest BCUT2D eigenvalue weighted by Crippen LogP contribution is -2.50. The maximum Gasteiger partial charge on any atom is 0.409 e. The van der Waals surface area contributed by atoms with Crippen molar-refractivity contribution in [1.29, 1.82) is 0 Å². The van der Waals surface area contributed by atoms with Crippen LogP contribution in [0.4, 0.5) is 26.3 Å². The highest BCUT2D eigenvalue weighted by molar-refractivity contribution is 5.80. The second kappa shape index (κ2) is 10.8. The summed E-state index contributed by atoms with van der Waals surface area (Å²) in [7, 11) is 0.